The Morgan fingerprint density at radius 1 is 0.921 bits per heavy atom. The van der Waals surface area contributed by atoms with Gasteiger partial charge < -0.3 is 19.4 Å². The summed E-state index contributed by atoms with van der Waals surface area (Å²) in [5.41, 5.74) is 2.69. The smallest absolute Gasteiger partial charge is 0.410 e. The summed E-state index contributed by atoms with van der Waals surface area (Å²) in [6, 6.07) is 29.9. The van der Waals surface area contributed by atoms with Gasteiger partial charge in [-0.25, -0.2) is 4.79 Å². The molecule has 7 nitrogen and oxygen atoms in total. The van der Waals surface area contributed by atoms with Crippen molar-refractivity contribution >= 4 is 6.09 Å². The number of nitrogens with one attached hydrogen (secondary N) is 1. The molecule has 1 amide bonds. The number of likely N-dealkylation sites (tertiary alicyclic amines) is 1. The largest absolute Gasteiger partial charge is 0.457 e. The summed E-state index contributed by atoms with van der Waals surface area (Å²) in [7, 11) is 0. The Morgan fingerprint density at radius 3 is 2.21 bits per heavy atom. The van der Waals surface area contributed by atoms with Crippen LogP contribution >= 0.6 is 0 Å². The quantitative estimate of drug-likeness (QED) is 0.336. The van der Waals surface area contributed by atoms with Crippen molar-refractivity contribution in [2.45, 2.75) is 25.4 Å². The van der Waals surface area contributed by atoms with Crippen LogP contribution in [0, 0.1) is 11.3 Å². The Hall–Kier alpha value is -4.83. The number of carbonyl (C=O) groups excluding carboxylic acids is 1. The number of aromatic nitrogens is 1. The van der Waals surface area contributed by atoms with Gasteiger partial charge in [-0.15, -0.1) is 0 Å². The maximum Gasteiger partial charge on any atom is 0.410 e. The van der Waals surface area contributed by atoms with Crippen LogP contribution in [0.2, 0.25) is 0 Å². The normalized spacial score (nSPS) is 13.5. The summed E-state index contributed by atoms with van der Waals surface area (Å²) < 4.78 is 11.3. The number of pyridine rings is 1. The first-order chi connectivity index (χ1) is 18.6. The third-order valence-corrected chi connectivity index (χ3v) is 6.68. The van der Waals surface area contributed by atoms with E-state index in [0.717, 1.165) is 22.6 Å². The molecule has 2 heterocycles. The molecule has 38 heavy (non-hydrogen) atoms. The van der Waals surface area contributed by atoms with Crippen molar-refractivity contribution in [3.05, 3.63) is 118 Å². The molecule has 0 aliphatic carbocycles. The summed E-state index contributed by atoms with van der Waals surface area (Å²) in [6.45, 7) is 1.30. The summed E-state index contributed by atoms with van der Waals surface area (Å²) in [6.07, 6.45) is 1.04. The van der Waals surface area contributed by atoms with Gasteiger partial charge in [0, 0.05) is 30.8 Å². The van der Waals surface area contributed by atoms with Gasteiger partial charge >= 0.3 is 6.09 Å². The van der Waals surface area contributed by atoms with Crippen molar-refractivity contribution < 1.29 is 14.3 Å². The molecule has 5 rings (SSSR count). The second kappa shape index (κ2) is 11.5. The second-order valence-corrected chi connectivity index (χ2v) is 9.19. The van der Waals surface area contributed by atoms with Gasteiger partial charge in [-0.2, -0.15) is 5.26 Å². The monoisotopic (exact) mass is 505 g/mol. The van der Waals surface area contributed by atoms with Crippen molar-refractivity contribution in [3.8, 4) is 28.8 Å². The van der Waals surface area contributed by atoms with Crippen molar-refractivity contribution in [1.82, 2.24) is 9.88 Å². The highest BCUT2D eigenvalue weighted by Crippen LogP contribution is 2.30. The van der Waals surface area contributed by atoms with Crippen LogP contribution in [0.3, 0.4) is 0 Å². The average Bonchev–Trinajstić information content (AvgIpc) is 2.97. The SMILES string of the molecule is N#Cc1c(-c2ccc(Oc3ccccc3)cc2)[nH]c(C2CCN(C(=O)OCc3ccccc3)CC2)cc1=O. The lowest BCUT2D eigenvalue weighted by Gasteiger charge is -2.31. The molecule has 4 aromatic rings. The fourth-order valence-electron chi connectivity index (χ4n) is 4.62. The van der Waals surface area contributed by atoms with Crippen molar-refractivity contribution in [2.75, 3.05) is 13.1 Å². The first-order valence-corrected chi connectivity index (χ1v) is 12.6. The Labute approximate surface area is 220 Å². The van der Waals surface area contributed by atoms with E-state index in [2.05, 4.69) is 11.1 Å². The number of carbonyl (C=O) groups is 1. The maximum atomic E-state index is 12.9. The predicted octanol–water partition coefficient (Wildman–Crippen LogP) is 6.22. The minimum atomic E-state index is -0.334. The number of nitriles is 1. The molecule has 0 unspecified atom stereocenters. The van der Waals surface area contributed by atoms with E-state index in [-0.39, 0.29) is 29.6 Å². The summed E-state index contributed by atoms with van der Waals surface area (Å²) in [5.74, 6) is 1.44. The number of para-hydroxylation sites is 1. The van der Waals surface area contributed by atoms with Crippen LogP contribution in [0.15, 0.2) is 95.8 Å². The lowest BCUT2D eigenvalue weighted by molar-refractivity contribution is 0.0868. The molecule has 0 radical (unpaired) electrons. The molecule has 1 aliphatic heterocycles. The van der Waals surface area contributed by atoms with Gasteiger partial charge in [0.15, 0.2) is 5.43 Å². The van der Waals surface area contributed by atoms with E-state index in [9.17, 15) is 14.9 Å². The number of hydrogen-bond acceptors (Lipinski definition) is 5. The van der Waals surface area contributed by atoms with Crippen LogP contribution < -0.4 is 10.2 Å². The first kappa shape index (κ1) is 24.8. The van der Waals surface area contributed by atoms with Gasteiger partial charge in [0.2, 0.25) is 0 Å². The van der Waals surface area contributed by atoms with Gasteiger partial charge in [-0.3, -0.25) is 4.79 Å². The van der Waals surface area contributed by atoms with E-state index in [1.165, 1.54) is 6.07 Å². The van der Waals surface area contributed by atoms with Crippen LogP contribution in [0.4, 0.5) is 4.79 Å². The molecular formula is C31H27N3O4. The molecule has 0 bridgehead atoms. The Kier molecular flexibility index (Phi) is 7.51. The van der Waals surface area contributed by atoms with Crippen LogP contribution in [-0.2, 0) is 11.3 Å². The van der Waals surface area contributed by atoms with Crippen molar-refractivity contribution in [1.29, 1.82) is 5.26 Å². The fraction of sp³-hybridized carbons (Fsp3) is 0.194. The zero-order valence-corrected chi connectivity index (χ0v) is 20.8. The summed E-state index contributed by atoms with van der Waals surface area (Å²) in [4.78, 5) is 30.4. The molecule has 3 aromatic carbocycles. The molecule has 190 valence electrons. The number of ether oxygens (including phenoxy) is 2. The number of piperidine rings is 1. The van der Waals surface area contributed by atoms with Gasteiger partial charge in [0.1, 0.15) is 29.7 Å². The molecular weight excluding hydrogens is 478 g/mol. The van der Waals surface area contributed by atoms with Crippen molar-refractivity contribution in [2.24, 2.45) is 0 Å². The lowest BCUT2D eigenvalue weighted by Crippen LogP contribution is -2.38. The van der Waals surface area contributed by atoms with E-state index < -0.39 is 0 Å². The number of rotatable bonds is 6. The third-order valence-electron chi connectivity index (χ3n) is 6.68. The van der Waals surface area contributed by atoms with Gasteiger partial charge in [-0.1, -0.05) is 48.5 Å². The Morgan fingerprint density at radius 2 is 1.55 bits per heavy atom. The average molecular weight is 506 g/mol. The minimum absolute atomic E-state index is 0.0630. The molecule has 0 spiro atoms. The predicted molar refractivity (Wildman–Crippen MR) is 144 cm³/mol. The van der Waals surface area contributed by atoms with Crippen LogP contribution in [0.1, 0.15) is 35.6 Å². The Balaban J connectivity index is 1.27. The molecule has 1 fully saturated rings. The van der Waals surface area contributed by atoms with Crippen LogP contribution in [-0.4, -0.2) is 29.1 Å². The highest BCUT2D eigenvalue weighted by atomic mass is 16.6. The third kappa shape index (κ3) is 5.76. The number of aromatic amines is 1. The highest BCUT2D eigenvalue weighted by molar-refractivity contribution is 5.68. The van der Waals surface area contributed by atoms with Gasteiger partial charge in [0.05, 0.1) is 5.69 Å². The number of benzene rings is 3. The van der Waals surface area contributed by atoms with E-state index in [0.29, 0.717) is 37.4 Å². The van der Waals surface area contributed by atoms with Gasteiger partial charge in [0.25, 0.3) is 0 Å². The molecule has 1 saturated heterocycles. The highest BCUT2D eigenvalue weighted by Gasteiger charge is 2.26. The van der Waals surface area contributed by atoms with Gasteiger partial charge in [-0.05, 0) is 60.4 Å². The van der Waals surface area contributed by atoms with E-state index in [4.69, 9.17) is 9.47 Å². The fourth-order valence-corrected chi connectivity index (χ4v) is 4.62. The number of amides is 1. The molecule has 1 aromatic heterocycles. The zero-order valence-electron chi connectivity index (χ0n) is 20.8. The number of nitrogens with zero attached hydrogens (tertiary/aromatic N) is 2. The zero-order chi connectivity index (χ0) is 26.3. The van der Waals surface area contributed by atoms with Crippen molar-refractivity contribution in [3.63, 3.8) is 0 Å². The molecule has 1 aliphatic rings. The van der Waals surface area contributed by atoms with Crippen LogP contribution in [0.5, 0.6) is 11.5 Å². The summed E-state index contributed by atoms with van der Waals surface area (Å²) >= 11 is 0. The Bertz CT molecular complexity index is 1480. The lowest BCUT2D eigenvalue weighted by atomic mass is 9.92. The number of H-pyrrole nitrogens is 1. The maximum absolute atomic E-state index is 12.9. The van der Waals surface area contributed by atoms with E-state index >= 15 is 0 Å². The number of hydrogen-bond donors (Lipinski definition) is 1. The molecule has 7 heteroatoms. The van der Waals surface area contributed by atoms with Crippen LogP contribution in [0.25, 0.3) is 11.3 Å². The molecule has 1 N–H and O–H groups in total. The first-order valence-electron chi connectivity index (χ1n) is 12.6. The molecule has 0 saturated carbocycles. The van der Waals surface area contributed by atoms with E-state index in [1.54, 1.807) is 4.90 Å². The minimum Gasteiger partial charge on any atom is -0.457 e. The summed E-state index contributed by atoms with van der Waals surface area (Å²) in [5, 5.41) is 9.69. The van der Waals surface area contributed by atoms with E-state index in [1.807, 2.05) is 84.9 Å². The topological polar surface area (TPSA) is 95.4 Å². The second-order valence-electron chi connectivity index (χ2n) is 9.19. The molecule has 0 atom stereocenters. The standard InChI is InChI=1S/C31H27N3O4/c32-20-27-29(35)19-28(23-15-17-34(18-16-23)31(36)37-21-22-7-3-1-4-8-22)33-30(27)24-11-13-26(14-12-24)38-25-9-5-2-6-10-25/h1-14,19,23H,15-18,21H2,(H,33,35).